The molecule has 4 aromatic rings. The number of nitro groups is 1. The Balaban J connectivity index is 1.67. The van der Waals surface area contributed by atoms with Crippen molar-refractivity contribution in [1.82, 2.24) is 14.6 Å². The van der Waals surface area contributed by atoms with Crippen molar-refractivity contribution in [2.75, 3.05) is 5.32 Å². The van der Waals surface area contributed by atoms with Crippen molar-refractivity contribution < 1.29 is 27.6 Å². The smallest absolute Gasteiger partial charge is 0.433 e. The Bertz CT molecular complexity index is 1430. The number of aromatic nitrogens is 3. The third kappa shape index (κ3) is 4.65. The first-order chi connectivity index (χ1) is 16.0. The van der Waals surface area contributed by atoms with Crippen molar-refractivity contribution in [3.05, 3.63) is 87.4 Å². The quantitative estimate of drug-likeness (QED) is 0.312. The van der Waals surface area contributed by atoms with Crippen LogP contribution in [0.15, 0.2) is 54.6 Å². The number of amides is 1. The highest BCUT2D eigenvalue weighted by molar-refractivity contribution is 6.03. The van der Waals surface area contributed by atoms with E-state index < -0.39 is 22.7 Å². The lowest BCUT2D eigenvalue weighted by Gasteiger charge is -2.10. The normalized spacial score (nSPS) is 11.4. The van der Waals surface area contributed by atoms with E-state index in [9.17, 15) is 28.1 Å². The van der Waals surface area contributed by atoms with Crippen LogP contribution in [0.2, 0.25) is 0 Å². The van der Waals surface area contributed by atoms with Crippen molar-refractivity contribution in [2.45, 2.75) is 20.0 Å². The number of nitro benzene ring substituents is 1. The summed E-state index contributed by atoms with van der Waals surface area (Å²) in [6.07, 6.45) is -4.71. The molecule has 2 aromatic heterocycles. The number of ether oxygens (including phenoxy) is 1. The molecule has 0 spiro atoms. The third-order valence-electron chi connectivity index (χ3n) is 4.76. The molecule has 0 radical (unpaired) electrons. The molecule has 34 heavy (non-hydrogen) atoms. The molecular formula is C22H16F3N5O4. The van der Waals surface area contributed by atoms with E-state index in [0.29, 0.717) is 10.3 Å². The number of non-ortho nitro benzene ring substituents is 1. The van der Waals surface area contributed by atoms with Crippen LogP contribution in [-0.4, -0.2) is 25.4 Å². The summed E-state index contributed by atoms with van der Waals surface area (Å²) < 4.78 is 46.3. The Hall–Kier alpha value is -4.48. The number of halogens is 3. The van der Waals surface area contributed by atoms with Crippen molar-refractivity contribution in [3.8, 4) is 11.5 Å². The van der Waals surface area contributed by atoms with Crippen LogP contribution in [0.3, 0.4) is 0 Å². The van der Waals surface area contributed by atoms with E-state index >= 15 is 0 Å². The molecule has 0 aliphatic rings. The van der Waals surface area contributed by atoms with Crippen LogP contribution in [0.25, 0.3) is 5.65 Å². The van der Waals surface area contributed by atoms with Gasteiger partial charge in [0.15, 0.2) is 11.3 Å². The number of alkyl halides is 3. The van der Waals surface area contributed by atoms with Crippen LogP contribution in [0.4, 0.5) is 24.5 Å². The van der Waals surface area contributed by atoms with Gasteiger partial charge < -0.3 is 10.1 Å². The number of hydrogen-bond donors (Lipinski definition) is 1. The Morgan fingerprint density at radius 2 is 1.85 bits per heavy atom. The van der Waals surface area contributed by atoms with Crippen molar-refractivity contribution >= 4 is 22.9 Å². The molecule has 0 aliphatic heterocycles. The van der Waals surface area contributed by atoms with Gasteiger partial charge in [-0.1, -0.05) is 18.2 Å². The Morgan fingerprint density at radius 3 is 2.53 bits per heavy atom. The summed E-state index contributed by atoms with van der Waals surface area (Å²) in [6.45, 7) is 3.19. The number of anilines is 1. The van der Waals surface area contributed by atoms with Gasteiger partial charge in [0.25, 0.3) is 11.6 Å². The van der Waals surface area contributed by atoms with Gasteiger partial charge in [0.2, 0.25) is 0 Å². The van der Waals surface area contributed by atoms with Gasteiger partial charge in [-0.25, -0.2) is 9.50 Å². The topological polar surface area (TPSA) is 112 Å². The van der Waals surface area contributed by atoms with Crippen LogP contribution in [-0.2, 0) is 6.18 Å². The van der Waals surface area contributed by atoms with Crippen LogP contribution in [0, 0.1) is 24.0 Å². The predicted octanol–water partition coefficient (Wildman–Crippen LogP) is 5.32. The molecule has 2 aromatic carbocycles. The maximum Gasteiger partial charge on any atom is 0.433 e. The first-order valence-corrected chi connectivity index (χ1v) is 9.80. The average molecular weight is 471 g/mol. The number of nitrogens with one attached hydrogen (secondary N) is 1. The van der Waals surface area contributed by atoms with Crippen LogP contribution in [0.1, 0.15) is 27.4 Å². The molecule has 0 unspecified atom stereocenters. The average Bonchev–Trinajstić information content (AvgIpc) is 3.18. The molecule has 4 rings (SSSR count). The highest BCUT2D eigenvalue weighted by Gasteiger charge is 2.35. The molecule has 0 saturated heterocycles. The molecule has 12 heteroatoms. The fourth-order valence-electron chi connectivity index (χ4n) is 3.23. The second-order valence-electron chi connectivity index (χ2n) is 7.37. The van der Waals surface area contributed by atoms with Gasteiger partial charge in [0, 0.05) is 23.9 Å². The van der Waals surface area contributed by atoms with E-state index in [1.54, 1.807) is 31.2 Å². The minimum atomic E-state index is -4.71. The van der Waals surface area contributed by atoms with Gasteiger partial charge >= 0.3 is 6.18 Å². The second kappa shape index (κ2) is 8.46. The number of nitrogens with zero attached hydrogens (tertiary/aromatic N) is 4. The summed E-state index contributed by atoms with van der Waals surface area (Å²) in [5.74, 6) is -0.328. The molecule has 0 aliphatic carbocycles. The summed E-state index contributed by atoms with van der Waals surface area (Å²) in [5.41, 5.74) is -1.07. The van der Waals surface area contributed by atoms with E-state index in [0.717, 1.165) is 23.8 Å². The van der Waals surface area contributed by atoms with Gasteiger partial charge in [-0.15, -0.1) is 0 Å². The molecule has 0 fully saturated rings. The number of carbonyl (C=O) groups is 1. The standard InChI is InChI=1S/C22H16F3N5O4/c1-12-5-3-4-6-18(12)34-16-9-14(8-15(10-16)30(32)33)27-21(31)17-11-20-26-13(2)7-19(22(23,24)25)29(20)28-17/h3-11H,1-2H3,(H,27,31). The third-order valence-corrected chi connectivity index (χ3v) is 4.76. The fourth-order valence-corrected chi connectivity index (χ4v) is 3.23. The maximum absolute atomic E-state index is 13.4. The van der Waals surface area contributed by atoms with E-state index in [1.807, 2.05) is 0 Å². The first-order valence-electron chi connectivity index (χ1n) is 9.80. The molecule has 0 saturated carbocycles. The van der Waals surface area contributed by atoms with Crippen molar-refractivity contribution in [3.63, 3.8) is 0 Å². The molecule has 174 valence electrons. The maximum atomic E-state index is 13.4. The number of fused-ring (bicyclic) bond motifs is 1. The van der Waals surface area contributed by atoms with Gasteiger partial charge in [0.1, 0.15) is 17.2 Å². The van der Waals surface area contributed by atoms with Crippen LogP contribution < -0.4 is 10.1 Å². The SMILES string of the molecule is Cc1cc(C(F)(F)F)n2nc(C(=O)Nc3cc(Oc4ccccc4C)cc([N+](=O)[O-])c3)cc2n1. The van der Waals surface area contributed by atoms with Crippen LogP contribution in [0.5, 0.6) is 11.5 Å². The van der Waals surface area contributed by atoms with Gasteiger partial charge in [-0.3, -0.25) is 14.9 Å². The Kier molecular flexibility index (Phi) is 5.65. The number of hydrogen-bond acceptors (Lipinski definition) is 6. The molecule has 0 atom stereocenters. The Morgan fingerprint density at radius 1 is 1.12 bits per heavy atom. The number of benzene rings is 2. The molecule has 1 N–H and O–H groups in total. The van der Waals surface area contributed by atoms with Crippen molar-refractivity contribution in [1.29, 1.82) is 0 Å². The fraction of sp³-hybridized carbons (Fsp3) is 0.136. The van der Waals surface area contributed by atoms with Crippen LogP contribution >= 0.6 is 0 Å². The zero-order chi connectivity index (χ0) is 24.6. The number of rotatable bonds is 5. The van der Waals surface area contributed by atoms with E-state index in [-0.39, 0.29) is 34.2 Å². The van der Waals surface area contributed by atoms with E-state index in [4.69, 9.17) is 4.74 Å². The molecule has 9 nitrogen and oxygen atoms in total. The largest absolute Gasteiger partial charge is 0.457 e. The summed E-state index contributed by atoms with van der Waals surface area (Å²) in [4.78, 5) is 27.4. The minimum absolute atomic E-state index is 0.0000231. The molecular weight excluding hydrogens is 455 g/mol. The summed E-state index contributed by atoms with van der Waals surface area (Å²) in [6, 6.07) is 12.6. The number of aryl methyl sites for hydroxylation is 2. The van der Waals surface area contributed by atoms with Crippen molar-refractivity contribution in [2.24, 2.45) is 0 Å². The summed E-state index contributed by atoms with van der Waals surface area (Å²) >= 11 is 0. The highest BCUT2D eigenvalue weighted by atomic mass is 19.4. The lowest BCUT2D eigenvalue weighted by molar-refractivity contribution is -0.384. The Labute approximate surface area is 190 Å². The lowest BCUT2D eigenvalue weighted by atomic mass is 10.2. The lowest BCUT2D eigenvalue weighted by Crippen LogP contribution is -2.16. The highest BCUT2D eigenvalue weighted by Crippen LogP contribution is 2.32. The van der Waals surface area contributed by atoms with E-state index in [2.05, 4.69) is 15.4 Å². The zero-order valence-corrected chi connectivity index (χ0v) is 17.8. The zero-order valence-electron chi connectivity index (χ0n) is 17.8. The van der Waals surface area contributed by atoms with Gasteiger partial charge in [0.05, 0.1) is 16.7 Å². The summed E-state index contributed by atoms with van der Waals surface area (Å²) in [5, 5.41) is 17.5. The molecule has 0 bridgehead atoms. The number of para-hydroxylation sites is 1. The van der Waals surface area contributed by atoms with Gasteiger partial charge in [-0.05, 0) is 31.5 Å². The monoisotopic (exact) mass is 471 g/mol. The van der Waals surface area contributed by atoms with E-state index in [1.165, 1.54) is 19.1 Å². The second-order valence-corrected chi connectivity index (χ2v) is 7.37. The molecule has 1 amide bonds. The summed E-state index contributed by atoms with van der Waals surface area (Å²) in [7, 11) is 0. The first kappa shape index (κ1) is 22.7. The number of carbonyl (C=O) groups excluding carboxylic acids is 1. The van der Waals surface area contributed by atoms with Gasteiger partial charge in [-0.2, -0.15) is 18.3 Å². The minimum Gasteiger partial charge on any atom is -0.457 e. The predicted molar refractivity (Wildman–Crippen MR) is 115 cm³/mol. The molecule has 2 heterocycles.